The average molecular weight is 419 g/mol. The van der Waals surface area contributed by atoms with Crippen LogP contribution in [0.15, 0.2) is 47.4 Å². The Hall–Kier alpha value is -1.69. The molecule has 0 aliphatic rings. The SMILES string of the molecule is Cc1ccc(S(=O)(=O)OCC(C)(C)C(C)(C)COCc2c(C)cccc2C)cc1. The highest BCUT2D eigenvalue weighted by molar-refractivity contribution is 7.86. The normalized spacial score (nSPS) is 12.9. The van der Waals surface area contributed by atoms with Crippen LogP contribution in [0.3, 0.4) is 0 Å². The van der Waals surface area contributed by atoms with Gasteiger partial charge < -0.3 is 4.74 Å². The highest BCUT2D eigenvalue weighted by Crippen LogP contribution is 2.40. The topological polar surface area (TPSA) is 52.6 Å². The molecule has 0 radical (unpaired) electrons. The first-order valence-electron chi connectivity index (χ1n) is 9.95. The molecule has 0 amide bonds. The number of aryl methyl sites for hydroxylation is 3. The van der Waals surface area contributed by atoms with Gasteiger partial charge in [-0.1, -0.05) is 63.6 Å². The molecule has 2 aromatic carbocycles. The minimum atomic E-state index is -3.79. The highest BCUT2D eigenvalue weighted by atomic mass is 32.2. The fourth-order valence-electron chi connectivity index (χ4n) is 2.87. The summed E-state index contributed by atoms with van der Waals surface area (Å²) in [7, 11) is -3.79. The highest BCUT2D eigenvalue weighted by Gasteiger charge is 2.39. The van der Waals surface area contributed by atoms with Crippen LogP contribution in [0.2, 0.25) is 0 Å². The van der Waals surface area contributed by atoms with E-state index in [1.54, 1.807) is 24.3 Å². The standard InChI is InChI=1S/C24H34O4S/c1-18-11-13-21(14-12-18)29(25,26)28-17-24(6,7)23(4,5)16-27-15-22-19(2)9-8-10-20(22)3/h8-14H,15-17H2,1-7H3. The van der Waals surface area contributed by atoms with Crippen LogP contribution in [0, 0.1) is 31.6 Å². The molecule has 0 aliphatic heterocycles. The van der Waals surface area contributed by atoms with Crippen molar-refractivity contribution in [3.05, 3.63) is 64.7 Å². The van der Waals surface area contributed by atoms with Gasteiger partial charge in [0.05, 0.1) is 24.7 Å². The van der Waals surface area contributed by atoms with E-state index >= 15 is 0 Å². The maximum Gasteiger partial charge on any atom is 0.296 e. The van der Waals surface area contributed by atoms with Gasteiger partial charge in [0, 0.05) is 0 Å². The van der Waals surface area contributed by atoms with E-state index in [0.29, 0.717) is 13.2 Å². The van der Waals surface area contributed by atoms with Crippen LogP contribution in [-0.2, 0) is 25.6 Å². The first kappa shape index (κ1) is 23.6. The van der Waals surface area contributed by atoms with Gasteiger partial charge in [0.1, 0.15) is 0 Å². The van der Waals surface area contributed by atoms with Crippen LogP contribution in [0.25, 0.3) is 0 Å². The Labute approximate surface area is 176 Å². The van der Waals surface area contributed by atoms with Gasteiger partial charge in [-0.25, -0.2) is 0 Å². The summed E-state index contributed by atoms with van der Waals surface area (Å²) in [5.74, 6) is 0. The summed E-state index contributed by atoms with van der Waals surface area (Å²) < 4.78 is 36.6. The Bertz CT molecular complexity index is 906. The maximum absolute atomic E-state index is 12.5. The number of benzene rings is 2. The number of ether oxygens (including phenoxy) is 1. The smallest absolute Gasteiger partial charge is 0.296 e. The van der Waals surface area contributed by atoms with Crippen LogP contribution in [0.4, 0.5) is 0 Å². The molecule has 5 heteroatoms. The summed E-state index contributed by atoms with van der Waals surface area (Å²) in [4.78, 5) is 0.183. The molecule has 0 saturated carbocycles. The first-order chi connectivity index (χ1) is 13.4. The lowest BCUT2D eigenvalue weighted by Crippen LogP contribution is -2.40. The minimum absolute atomic E-state index is 0.0863. The number of hydrogen-bond donors (Lipinski definition) is 0. The van der Waals surface area contributed by atoms with E-state index in [-0.39, 0.29) is 16.9 Å². The molecular weight excluding hydrogens is 384 g/mol. The summed E-state index contributed by atoms with van der Waals surface area (Å²) in [6, 6.07) is 12.9. The fraction of sp³-hybridized carbons (Fsp3) is 0.500. The van der Waals surface area contributed by atoms with Crippen molar-refractivity contribution in [1.29, 1.82) is 0 Å². The largest absolute Gasteiger partial charge is 0.376 e. The molecule has 0 saturated heterocycles. The molecule has 2 rings (SSSR count). The fourth-order valence-corrected chi connectivity index (χ4v) is 3.93. The molecule has 0 aromatic heterocycles. The van der Waals surface area contributed by atoms with Crippen molar-refractivity contribution in [2.24, 2.45) is 10.8 Å². The summed E-state index contributed by atoms with van der Waals surface area (Å²) >= 11 is 0. The zero-order valence-electron chi connectivity index (χ0n) is 18.7. The Morgan fingerprint density at radius 1 is 0.793 bits per heavy atom. The third-order valence-electron chi connectivity index (χ3n) is 6.07. The van der Waals surface area contributed by atoms with Crippen LogP contribution < -0.4 is 0 Å². The van der Waals surface area contributed by atoms with Gasteiger partial charge in [0.15, 0.2) is 0 Å². The molecule has 0 N–H and O–H groups in total. The van der Waals surface area contributed by atoms with Crippen molar-refractivity contribution >= 4 is 10.1 Å². The summed E-state index contributed by atoms with van der Waals surface area (Å²) in [5.41, 5.74) is 3.95. The van der Waals surface area contributed by atoms with Crippen LogP contribution in [0.1, 0.15) is 49.9 Å². The molecule has 160 valence electrons. The van der Waals surface area contributed by atoms with Crippen LogP contribution in [-0.4, -0.2) is 21.6 Å². The third-order valence-corrected chi connectivity index (χ3v) is 7.35. The molecule has 0 atom stereocenters. The van der Waals surface area contributed by atoms with Crippen molar-refractivity contribution in [3.63, 3.8) is 0 Å². The Morgan fingerprint density at radius 2 is 1.31 bits per heavy atom. The second-order valence-corrected chi connectivity index (χ2v) is 10.8. The Balaban J connectivity index is 2.00. The van der Waals surface area contributed by atoms with E-state index in [2.05, 4.69) is 39.8 Å². The summed E-state index contributed by atoms with van der Waals surface area (Å²) in [5, 5.41) is 0. The van der Waals surface area contributed by atoms with Crippen molar-refractivity contribution in [3.8, 4) is 0 Å². The quantitative estimate of drug-likeness (QED) is 0.498. The van der Waals surface area contributed by atoms with Gasteiger partial charge in [-0.05, 0) is 60.4 Å². The van der Waals surface area contributed by atoms with Gasteiger partial charge in [0.25, 0.3) is 10.1 Å². The predicted molar refractivity (Wildman–Crippen MR) is 117 cm³/mol. The third kappa shape index (κ3) is 5.91. The molecule has 29 heavy (non-hydrogen) atoms. The summed E-state index contributed by atoms with van der Waals surface area (Å²) in [6.07, 6.45) is 0. The lowest BCUT2D eigenvalue weighted by molar-refractivity contribution is -0.0350. The lowest BCUT2D eigenvalue weighted by atomic mass is 9.69. The molecule has 0 aliphatic carbocycles. The first-order valence-corrected chi connectivity index (χ1v) is 11.4. The Kier molecular flexibility index (Phi) is 7.31. The predicted octanol–water partition coefficient (Wildman–Crippen LogP) is 5.59. The van der Waals surface area contributed by atoms with Gasteiger partial charge in [-0.2, -0.15) is 8.42 Å². The molecule has 0 fully saturated rings. The van der Waals surface area contributed by atoms with E-state index in [4.69, 9.17) is 8.92 Å². The molecule has 0 bridgehead atoms. The average Bonchev–Trinajstić information content (AvgIpc) is 2.63. The van der Waals surface area contributed by atoms with E-state index in [0.717, 1.165) is 5.56 Å². The van der Waals surface area contributed by atoms with Crippen molar-refractivity contribution in [2.45, 2.75) is 60.0 Å². The van der Waals surface area contributed by atoms with Crippen molar-refractivity contribution in [1.82, 2.24) is 0 Å². The molecule has 0 spiro atoms. The molecule has 0 heterocycles. The van der Waals surface area contributed by atoms with Crippen molar-refractivity contribution < 1.29 is 17.3 Å². The zero-order chi connectivity index (χ0) is 21.9. The van der Waals surface area contributed by atoms with E-state index in [1.807, 2.05) is 26.8 Å². The second-order valence-electron chi connectivity index (χ2n) is 9.16. The zero-order valence-corrected chi connectivity index (χ0v) is 19.5. The van der Waals surface area contributed by atoms with Crippen LogP contribution >= 0.6 is 0 Å². The Morgan fingerprint density at radius 3 is 1.86 bits per heavy atom. The molecule has 2 aromatic rings. The minimum Gasteiger partial charge on any atom is -0.376 e. The monoisotopic (exact) mass is 418 g/mol. The maximum atomic E-state index is 12.5. The van der Waals surface area contributed by atoms with E-state index < -0.39 is 15.5 Å². The van der Waals surface area contributed by atoms with Crippen molar-refractivity contribution in [2.75, 3.05) is 13.2 Å². The van der Waals surface area contributed by atoms with E-state index in [1.165, 1.54) is 16.7 Å². The van der Waals surface area contributed by atoms with Gasteiger partial charge in [-0.15, -0.1) is 0 Å². The number of hydrogen-bond acceptors (Lipinski definition) is 4. The lowest BCUT2D eigenvalue weighted by Gasteiger charge is -2.41. The van der Waals surface area contributed by atoms with Gasteiger partial charge in [0.2, 0.25) is 0 Å². The molecule has 4 nitrogen and oxygen atoms in total. The van der Waals surface area contributed by atoms with Crippen LogP contribution in [0.5, 0.6) is 0 Å². The molecular formula is C24H34O4S. The van der Waals surface area contributed by atoms with Gasteiger partial charge in [-0.3, -0.25) is 4.18 Å². The second kappa shape index (κ2) is 8.99. The van der Waals surface area contributed by atoms with E-state index in [9.17, 15) is 8.42 Å². The molecule has 0 unspecified atom stereocenters. The van der Waals surface area contributed by atoms with Gasteiger partial charge >= 0.3 is 0 Å². The summed E-state index contributed by atoms with van der Waals surface area (Å²) in [6.45, 7) is 15.4. The number of rotatable bonds is 9.